The molecule has 0 aromatic heterocycles. The molecule has 1 atom stereocenters. The Labute approximate surface area is 99.5 Å². The minimum Gasteiger partial charge on any atom is -0.378 e. The number of likely N-dealkylation sites (tertiary alicyclic amines) is 1. The van der Waals surface area contributed by atoms with Gasteiger partial charge in [0.2, 0.25) is 0 Å². The molecule has 0 aromatic carbocycles. The van der Waals surface area contributed by atoms with E-state index in [4.69, 9.17) is 4.74 Å². The van der Waals surface area contributed by atoms with Gasteiger partial charge in [0, 0.05) is 25.2 Å². The molecule has 1 N–H and O–H groups in total. The molecule has 0 aromatic rings. The van der Waals surface area contributed by atoms with Gasteiger partial charge < -0.3 is 10.1 Å². The van der Waals surface area contributed by atoms with Crippen molar-refractivity contribution in [1.29, 1.82) is 0 Å². The van der Waals surface area contributed by atoms with Crippen molar-refractivity contribution in [2.75, 3.05) is 26.2 Å². The molecule has 1 aliphatic heterocycles. The van der Waals surface area contributed by atoms with Gasteiger partial charge in [0.15, 0.2) is 0 Å². The van der Waals surface area contributed by atoms with Gasteiger partial charge in [-0.05, 0) is 45.7 Å². The Balaban J connectivity index is 1.70. The zero-order valence-corrected chi connectivity index (χ0v) is 10.7. The van der Waals surface area contributed by atoms with Crippen molar-refractivity contribution < 1.29 is 4.74 Å². The van der Waals surface area contributed by atoms with Gasteiger partial charge in [-0.3, -0.25) is 4.90 Å². The molecule has 94 valence electrons. The molecule has 2 rings (SSSR count). The first-order chi connectivity index (χ1) is 7.83. The van der Waals surface area contributed by atoms with Crippen molar-refractivity contribution in [3.05, 3.63) is 0 Å². The highest BCUT2D eigenvalue weighted by Gasteiger charge is 2.35. The number of likely N-dealkylation sites (N-methyl/N-ethyl adjacent to an activating group) is 1. The molecule has 2 aliphatic rings. The lowest BCUT2D eigenvalue weighted by molar-refractivity contribution is -0.0530. The third-order valence-corrected chi connectivity index (χ3v) is 3.93. The minimum atomic E-state index is 0.550. The van der Waals surface area contributed by atoms with Crippen LogP contribution in [0.4, 0.5) is 0 Å². The molecule has 2 fully saturated rings. The monoisotopic (exact) mass is 226 g/mol. The van der Waals surface area contributed by atoms with E-state index in [1.807, 2.05) is 0 Å². The average Bonchev–Trinajstić information content (AvgIpc) is 2.24. The first-order valence-electron chi connectivity index (χ1n) is 6.92. The smallest absolute Gasteiger partial charge is 0.0604 e. The Morgan fingerprint density at radius 3 is 2.81 bits per heavy atom. The van der Waals surface area contributed by atoms with Crippen LogP contribution in [0, 0.1) is 0 Å². The second kappa shape index (κ2) is 5.99. The zero-order valence-electron chi connectivity index (χ0n) is 10.7. The highest BCUT2D eigenvalue weighted by atomic mass is 16.5. The highest BCUT2D eigenvalue weighted by molar-refractivity contribution is 4.91. The summed E-state index contributed by atoms with van der Waals surface area (Å²) in [6.45, 7) is 8.81. The van der Waals surface area contributed by atoms with Gasteiger partial charge in [0.1, 0.15) is 0 Å². The van der Waals surface area contributed by atoms with Gasteiger partial charge in [-0.25, -0.2) is 0 Å². The number of nitrogens with one attached hydrogen (secondary N) is 1. The van der Waals surface area contributed by atoms with E-state index in [-0.39, 0.29) is 0 Å². The largest absolute Gasteiger partial charge is 0.378 e. The van der Waals surface area contributed by atoms with Gasteiger partial charge >= 0.3 is 0 Å². The molecule has 0 amide bonds. The fourth-order valence-corrected chi connectivity index (χ4v) is 3.00. The maximum Gasteiger partial charge on any atom is 0.0604 e. The van der Waals surface area contributed by atoms with Crippen LogP contribution in [0.15, 0.2) is 0 Å². The second-order valence-electron chi connectivity index (χ2n) is 5.09. The molecule has 0 bridgehead atoms. The van der Waals surface area contributed by atoms with Crippen molar-refractivity contribution in [2.24, 2.45) is 0 Å². The lowest BCUT2D eigenvalue weighted by Gasteiger charge is -2.46. The molecule has 16 heavy (non-hydrogen) atoms. The molecular weight excluding hydrogens is 200 g/mol. The van der Waals surface area contributed by atoms with E-state index in [1.54, 1.807) is 0 Å². The van der Waals surface area contributed by atoms with E-state index in [0.29, 0.717) is 6.10 Å². The van der Waals surface area contributed by atoms with Crippen LogP contribution < -0.4 is 5.32 Å². The molecule has 0 radical (unpaired) electrons. The Hall–Kier alpha value is -0.120. The summed E-state index contributed by atoms with van der Waals surface area (Å²) in [6.07, 6.45) is 5.77. The van der Waals surface area contributed by atoms with Gasteiger partial charge in [-0.15, -0.1) is 0 Å². The Kier molecular flexibility index (Phi) is 4.62. The van der Waals surface area contributed by atoms with Crippen LogP contribution >= 0.6 is 0 Å². The zero-order chi connectivity index (χ0) is 11.4. The SMILES string of the molecule is CCNC1CCCN(C2CC(OCC)C2)C1. The maximum atomic E-state index is 5.63. The molecule has 3 nitrogen and oxygen atoms in total. The third-order valence-electron chi connectivity index (χ3n) is 3.93. The summed E-state index contributed by atoms with van der Waals surface area (Å²) in [6, 6.07) is 1.53. The van der Waals surface area contributed by atoms with Crippen LogP contribution in [0.5, 0.6) is 0 Å². The quantitative estimate of drug-likeness (QED) is 0.771. The van der Waals surface area contributed by atoms with Crippen LogP contribution in [-0.2, 0) is 4.74 Å². The van der Waals surface area contributed by atoms with Crippen molar-refractivity contribution in [1.82, 2.24) is 10.2 Å². The first-order valence-corrected chi connectivity index (χ1v) is 6.92. The van der Waals surface area contributed by atoms with Crippen LogP contribution in [0.1, 0.15) is 39.5 Å². The molecule has 1 unspecified atom stereocenters. The molecular formula is C13H26N2O. The summed E-state index contributed by atoms with van der Waals surface area (Å²) >= 11 is 0. The van der Waals surface area contributed by atoms with E-state index in [1.165, 1.54) is 38.8 Å². The summed E-state index contributed by atoms with van der Waals surface area (Å²) in [5.74, 6) is 0. The van der Waals surface area contributed by atoms with Crippen molar-refractivity contribution in [2.45, 2.75) is 57.7 Å². The van der Waals surface area contributed by atoms with Crippen molar-refractivity contribution in [3.63, 3.8) is 0 Å². The fraction of sp³-hybridized carbons (Fsp3) is 1.00. The average molecular weight is 226 g/mol. The van der Waals surface area contributed by atoms with Crippen molar-refractivity contribution >= 4 is 0 Å². The number of hydrogen-bond donors (Lipinski definition) is 1. The van der Waals surface area contributed by atoms with E-state index in [0.717, 1.165) is 25.2 Å². The van der Waals surface area contributed by atoms with Crippen molar-refractivity contribution in [3.8, 4) is 0 Å². The molecule has 1 saturated carbocycles. The molecule has 0 spiro atoms. The first kappa shape index (κ1) is 12.3. The lowest BCUT2D eigenvalue weighted by Crippen LogP contribution is -2.55. The number of ether oxygens (including phenoxy) is 1. The standard InChI is InChI=1S/C13H26N2O/c1-3-14-11-6-5-7-15(10-11)12-8-13(9-12)16-4-2/h11-14H,3-10H2,1-2H3. The second-order valence-corrected chi connectivity index (χ2v) is 5.09. The van der Waals surface area contributed by atoms with E-state index in [2.05, 4.69) is 24.1 Å². The third kappa shape index (κ3) is 2.96. The topological polar surface area (TPSA) is 24.5 Å². The summed E-state index contributed by atoms with van der Waals surface area (Å²) in [4.78, 5) is 2.67. The van der Waals surface area contributed by atoms with Crippen LogP contribution in [-0.4, -0.2) is 49.3 Å². The van der Waals surface area contributed by atoms with Crippen LogP contribution in [0.3, 0.4) is 0 Å². The molecule has 1 aliphatic carbocycles. The summed E-state index contributed by atoms with van der Waals surface area (Å²) in [5, 5.41) is 3.58. The lowest BCUT2D eigenvalue weighted by atomic mass is 9.86. The van der Waals surface area contributed by atoms with E-state index < -0.39 is 0 Å². The van der Waals surface area contributed by atoms with E-state index >= 15 is 0 Å². The molecule has 3 heteroatoms. The predicted octanol–water partition coefficient (Wildman–Crippen LogP) is 1.63. The molecule has 1 saturated heterocycles. The Bertz CT molecular complexity index is 202. The Morgan fingerprint density at radius 2 is 2.12 bits per heavy atom. The van der Waals surface area contributed by atoms with Gasteiger partial charge in [-0.1, -0.05) is 6.92 Å². The maximum absolute atomic E-state index is 5.63. The number of piperidine rings is 1. The number of nitrogens with zero attached hydrogens (tertiary/aromatic N) is 1. The fourth-order valence-electron chi connectivity index (χ4n) is 3.00. The van der Waals surface area contributed by atoms with Crippen LogP contribution in [0.2, 0.25) is 0 Å². The van der Waals surface area contributed by atoms with Crippen LogP contribution in [0.25, 0.3) is 0 Å². The number of rotatable bonds is 5. The minimum absolute atomic E-state index is 0.550. The Morgan fingerprint density at radius 1 is 1.31 bits per heavy atom. The molecule has 1 heterocycles. The van der Waals surface area contributed by atoms with Gasteiger partial charge in [0.05, 0.1) is 6.10 Å². The summed E-state index contributed by atoms with van der Waals surface area (Å²) < 4.78 is 5.63. The number of hydrogen-bond acceptors (Lipinski definition) is 3. The summed E-state index contributed by atoms with van der Waals surface area (Å²) in [7, 11) is 0. The highest BCUT2D eigenvalue weighted by Crippen LogP contribution is 2.30. The predicted molar refractivity (Wildman–Crippen MR) is 66.7 cm³/mol. The summed E-state index contributed by atoms with van der Waals surface area (Å²) in [5.41, 5.74) is 0. The van der Waals surface area contributed by atoms with Gasteiger partial charge in [0.25, 0.3) is 0 Å². The van der Waals surface area contributed by atoms with Gasteiger partial charge in [-0.2, -0.15) is 0 Å². The normalized spacial score (nSPS) is 36.0. The van der Waals surface area contributed by atoms with E-state index in [9.17, 15) is 0 Å².